The van der Waals surface area contributed by atoms with Gasteiger partial charge in [0.1, 0.15) is 0 Å². The molecule has 0 saturated heterocycles. The van der Waals surface area contributed by atoms with E-state index in [1.54, 1.807) is 0 Å². The van der Waals surface area contributed by atoms with Gasteiger partial charge in [-0.15, -0.1) is 0 Å². The number of hydrogen-bond acceptors (Lipinski definition) is 3. The molecule has 3 heteroatoms. The zero-order valence-electron chi connectivity index (χ0n) is 19.7. The van der Waals surface area contributed by atoms with Gasteiger partial charge in [0, 0.05) is 18.8 Å². The summed E-state index contributed by atoms with van der Waals surface area (Å²) in [6.07, 6.45) is 22.5. The maximum atomic E-state index is 4.00. The van der Waals surface area contributed by atoms with Gasteiger partial charge in [-0.2, -0.15) is 0 Å². The monoisotopic (exact) mass is 405 g/mol. The Morgan fingerprint density at radius 2 is 0.862 bits per heavy atom. The first-order chi connectivity index (χ1) is 14.4. The van der Waals surface area contributed by atoms with Crippen molar-refractivity contribution in [2.75, 3.05) is 18.0 Å². The molecule has 1 aromatic carbocycles. The number of benzene rings is 1. The highest BCUT2D eigenvalue weighted by Crippen LogP contribution is 2.17. The first-order valence-electron chi connectivity index (χ1n) is 12.5. The molecule has 29 heavy (non-hydrogen) atoms. The number of anilines is 1. The predicted molar refractivity (Wildman–Crippen MR) is 132 cm³/mol. The summed E-state index contributed by atoms with van der Waals surface area (Å²) >= 11 is 0. The van der Waals surface area contributed by atoms with E-state index < -0.39 is 0 Å². The molecule has 4 N–H and O–H groups in total. The first-order valence-corrected chi connectivity index (χ1v) is 12.5. The van der Waals surface area contributed by atoms with Crippen LogP contribution in [-0.4, -0.2) is 13.1 Å². The van der Waals surface area contributed by atoms with Crippen molar-refractivity contribution in [3.8, 4) is 0 Å². The molecule has 0 aliphatic heterocycles. The Bertz CT molecular complexity index is 388. The van der Waals surface area contributed by atoms with Gasteiger partial charge in [-0.3, -0.25) is 11.7 Å². The van der Waals surface area contributed by atoms with Gasteiger partial charge >= 0.3 is 0 Å². The third-order valence-corrected chi connectivity index (χ3v) is 5.68. The second-order valence-electron chi connectivity index (χ2n) is 8.27. The maximum Gasteiger partial charge on any atom is 0.0366 e. The Morgan fingerprint density at radius 3 is 1.24 bits per heavy atom. The van der Waals surface area contributed by atoms with E-state index in [0.717, 1.165) is 0 Å². The molecule has 170 valence electrons. The van der Waals surface area contributed by atoms with Crippen LogP contribution in [0.5, 0.6) is 0 Å². The van der Waals surface area contributed by atoms with Crippen LogP contribution in [0.25, 0.3) is 0 Å². The Kier molecular flexibility index (Phi) is 22.4. The SMILES string of the molecule is CCCCCCCCCCN(CCCCCCCCCC)c1ccccc1.NN. The van der Waals surface area contributed by atoms with E-state index in [2.05, 4.69) is 60.8 Å². The van der Waals surface area contributed by atoms with Crippen LogP contribution in [0, 0.1) is 0 Å². The Morgan fingerprint density at radius 1 is 0.517 bits per heavy atom. The van der Waals surface area contributed by atoms with Crippen molar-refractivity contribution in [2.24, 2.45) is 11.7 Å². The van der Waals surface area contributed by atoms with Gasteiger partial charge in [0.25, 0.3) is 0 Å². The third-order valence-electron chi connectivity index (χ3n) is 5.68. The summed E-state index contributed by atoms with van der Waals surface area (Å²) in [5.74, 6) is 8.00. The van der Waals surface area contributed by atoms with Gasteiger partial charge in [0.15, 0.2) is 0 Å². The highest BCUT2D eigenvalue weighted by atomic mass is 15.1. The topological polar surface area (TPSA) is 55.3 Å². The third kappa shape index (κ3) is 17.5. The first kappa shape index (κ1) is 27.9. The van der Waals surface area contributed by atoms with E-state index in [0.29, 0.717) is 0 Å². The van der Waals surface area contributed by atoms with Gasteiger partial charge in [0.05, 0.1) is 0 Å². The minimum Gasteiger partial charge on any atom is -0.372 e. The second-order valence-corrected chi connectivity index (χ2v) is 8.27. The van der Waals surface area contributed by atoms with E-state index in [-0.39, 0.29) is 0 Å². The van der Waals surface area contributed by atoms with Crippen LogP contribution in [0.3, 0.4) is 0 Å². The van der Waals surface area contributed by atoms with Crippen LogP contribution >= 0.6 is 0 Å². The van der Waals surface area contributed by atoms with Crippen molar-refractivity contribution >= 4 is 5.69 Å². The number of rotatable bonds is 19. The quantitative estimate of drug-likeness (QED) is 0.141. The summed E-state index contributed by atoms with van der Waals surface area (Å²) in [6, 6.07) is 11.1. The molecule has 0 unspecified atom stereocenters. The summed E-state index contributed by atoms with van der Waals surface area (Å²) in [6.45, 7) is 7.06. The summed E-state index contributed by atoms with van der Waals surface area (Å²) in [4.78, 5) is 2.63. The van der Waals surface area contributed by atoms with Crippen LogP contribution in [0.1, 0.15) is 117 Å². The van der Waals surface area contributed by atoms with Crippen LogP contribution < -0.4 is 16.6 Å². The molecule has 1 aromatic rings. The molecule has 0 bridgehead atoms. The summed E-state index contributed by atoms with van der Waals surface area (Å²) in [5.41, 5.74) is 1.42. The average molecular weight is 406 g/mol. The van der Waals surface area contributed by atoms with E-state index in [4.69, 9.17) is 0 Å². The number of nitrogens with zero attached hydrogens (tertiary/aromatic N) is 1. The smallest absolute Gasteiger partial charge is 0.0366 e. The minimum absolute atomic E-state index is 1.23. The van der Waals surface area contributed by atoms with Crippen molar-refractivity contribution in [3.63, 3.8) is 0 Å². The molecule has 0 spiro atoms. The Hall–Kier alpha value is -1.06. The van der Waals surface area contributed by atoms with Gasteiger partial charge < -0.3 is 4.90 Å². The molecular weight excluding hydrogens is 354 g/mol. The number of unbranched alkanes of at least 4 members (excludes halogenated alkanes) is 14. The lowest BCUT2D eigenvalue weighted by Crippen LogP contribution is -2.25. The molecule has 0 aliphatic rings. The summed E-state index contributed by atoms with van der Waals surface area (Å²) < 4.78 is 0. The highest BCUT2D eigenvalue weighted by Gasteiger charge is 2.05. The van der Waals surface area contributed by atoms with Gasteiger partial charge in [0.2, 0.25) is 0 Å². The van der Waals surface area contributed by atoms with Crippen LogP contribution in [0.2, 0.25) is 0 Å². The average Bonchev–Trinajstić information content (AvgIpc) is 2.78. The highest BCUT2D eigenvalue weighted by molar-refractivity contribution is 5.45. The second kappa shape index (κ2) is 23.2. The van der Waals surface area contributed by atoms with Crippen molar-refractivity contribution in [2.45, 2.75) is 117 Å². The summed E-state index contributed by atoms with van der Waals surface area (Å²) in [7, 11) is 0. The summed E-state index contributed by atoms with van der Waals surface area (Å²) in [5, 5.41) is 0. The molecule has 0 atom stereocenters. The van der Waals surface area contributed by atoms with Crippen LogP contribution in [0.15, 0.2) is 30.3 Å². The van der Waals surface area contributed by atoms with Gasteiger partial charge in [-0.25, -0.2) is 0 Å². The molecular formula is C26H51N3. The fourth-order valence-electron chi connectivity index (χ4n) is 3.88. The van der Waals surface area contributed by atoms with Gasteiger partial charge in [-0.1, -0.05) is 122 Å². The fourth-order valence-corrected chi connectivity index (χ4v) is 3.88. The molecule has 0 heterocycles. The number of para-hydroxylation sites is 1. The number of hydrazine groups is 1. The van der Waals surface area contributed by atoms with Crippen LogP contribution in [0.4, 0.5) is 5.69 Å². The molecule has 1 rings (SSSR count). The molecule has 0 amide bonds. The van der Waals surface area contributed by atoms with Crippen LogP contribution in [-0.2, 0) is 0 Å². The van der Waals surface area contributed by atoms with Crippen molar-refractivity contribution < 1.29 is 0 Å². The lowest BCUT2D eigenvalue weighted by molar-refractivity contribution is 0.555. The molecule has 0 fully saturated rings. The molecule has 0 aromatic heterocycles. The molecule has 0 saturated carbocycles. The fraction of sp³-hybridized carbons (Fsp3) is 0.769. The standard InChI is InChI=1S/C26H47N.H4N2/c1-3-5-7-9-11-13-15-20-24-27(26-22-18-17-19-23-26)25-21-16-14-12-10-8-6-4-2;1-2/h17-19,22-23H,3-16,20-21,24-25H2,1-2H3;1-2H2. The predicted octanol–water partition coefficient (Wildman–Crippen LogP) is 7.59. The van der Waals surface area contributed by atoms with E-state index in [9.17, 15) is 0 Å². The lowest BCUT2D eigenvalue weighted by Gasteiger charge is -2.25. The minimum atomic E-state index is 1.23. The molecule has 0 aliphatic carbocycles. The van der Waals surface area contributed by atoms with Gasteiger partial charge in [-0.05, 0) is 25.0 Å². The van der Waals surface area contributed by atoms with E-state index in [1.807, 2.05) is 0 Å². The normalized spacial score (nSPS) is 10.5. The molecule has 3 nitrogen and oxygen atoms in total. The Labute approximate surface area is 182 Å². The van der Waals surface area contributed by atoms with E-state index in [1.165, 1.54) is 122 Å². The zero-order chi connectivity index (χ0) is 21.4. The zero-order valence-corrected chi connectivity index (χ0v) is 19.7. The number of nitrogens with two attached hydrogens (primary N) is 2. The largest absolute Gasteiger partial charge is 0.372 e. The number of hydrogen-bond donors (Lipinski definition) is 2. The van der Waals surface area contributed by atoms with Crippen molar-refractivity contribution in [1.29, 1.82) is 0 Å². The molecule has 0 radical (unpaired) electrons. The lowest BCUT2D eigenvalue weighted by atomic mass is 10.1. The van der Waals surface area contributed by atoms with E-state index >= 15 is 0 Å². The Balaban J connectivity index is 0.00000379. The maximum absolute atomic E-state index is 4.00. The van der Waals surface area contributed by atoms with Crippen molar-refractivity contribution in [3.05, 3.63) is 30.3 Å². The van der Waals surface area contributed by atoms with Crippen molar-refractivity contribution in [1.82, 2.24) is 0 Å².